The Morgan fingerprint density at radius 1 is 0.371 bits per heavy atom. The second-order valence-corrected chi connectivity index (χ2v) is 19.7. The Labute approximate surface area is 407 Å². The van der Waals surface area contributed by atoms with Crippen LogP contribution in [0.4, 0.5) is 17.1 Å². The molecule has 1 heterocycles. The Morgan fingerprint density at radius 3 is 1.51 bits per heavy atom. The summed E-state index contributed by atoms with van der Waals surface area (Å²) in [6, 6.07) is 87.3. The van der Waals surface area contributed by atoms with E-state index in [1.165, 1.54) is 117 Å². The Hall–Kier alpha value is -8.72. The molecule has 0 radical (unpaired) electrons. The van der Waals surface area contributed by atoms with Gasteiger partial charge >= 0.3 is 0 Å². The van der Waals surface area contributed by atoms with E-state index in [2.05, 4.69) is 252 Å². The summed E-state index contributed by atoms with van der Waals surface area (Å²) in [5, 5.41) is 2.47. The minimum absolute atomic E-state index is 0.426. The predicted octanol–water partition coefficient (Wildman–Crippen LogP) is 17.0. The number of nitrogens with zero attached hydrogens (tertiary/aromatic N) is 2. The first-order valence-corrected chi connectivity index (χ1v) is 24.8. The lowest BCUT2D eigenvalue weighted by Gasteiger charge is -2.34. The lowest BCUT2D eigenvalue weighted by atomic mass is 9.69. The maximum absolute atomic E-state index is 2.62. The molecule has 0 bridgehead atoms. The third-order valence-electron chi connectivity index (χ3n) is 16.7. The van der Waals surface area contributed by atoms with E-state index in [0.29, 0.717) is 0 Å². The molecule has 5 aliphatic rings. The first-order valence-electron chi connectivity index (χ1n) is 24.8. The first kappa shape index (κ1) is 38.3. The summed E-state index contributed by atoms with van der Waals surface area (Å²) < 4.78 is 2.43. The fourth-order valence-corrected chi connectivity index (χ4v) is 14.2. The molecule has 0 amide bonds. The molecular formula is C68H44N2. The van der Waals surface area contributed by atoms with Gasteiger partial charge in [-0.2, -0.15) is 0 Å². The SMILES string of the molecule is C1=CC2=C(CC1)c1c(N(c3ccc4c(c3)C3(c5ccccc5-c5ccccc53)c3ccccc3-4)c3ccc4c(c3)c3ccccc3n4-c3ccccc3)cccc1C21c2ccccc2-c2ccccc21. The van der Waals surface area contributed by atoms with Crippen molar-refractivity contribution in [1.29, 1.82) is 0 Å². The molecule has 11 aromatic rings. The fraction of sp³-hybridized carbons (Fsp3) is 0.0588. The summed E-state index contributed by atoms with van der Waals surface area (Å²) in [6.45, 7) is 0. The molecule has 16 rings (SSSR count). The van der Waals surface area contributed by atoms with Crippen molar-refractivity contribution in [2.75, 3.05) is 4.90 Å². The molecule has 0 atom stereocenters. The van der Waals surface area contributed by atoms with Crippen molar-refractivity contribution in [2.24, 2.45) is 0 Å². The van der Waals surface area contributed by atoms with Gasteiger partial charge in [-0.25, -0.2) is 0 Å². The second kappa shape index (κ2) is 13.9. The van der Waals surface area contributed by atoms with Crippen molar-refractivity contribution in [2.45, 2.75) is 23.7 Å². The lowest BCUT2D eigenvalue weighted by Crippen LogP contribution is -2.27. The van der Waals surface area contributed by atoms with Crippen LogP contribution in [0.1, 0.15) is 57.3 Å². The van der Waals surface area contributed by atoms with Crippen LogP contribution in [-0.2, 0) is 10.8 Å². The normalized spacial score (nSPS) is 15.4. The van der Waals surface area contributed by atoms with Gasteiger partial charge in [-0.3, -0.25) is 0 Å². The third kappa shape index (κ3) is 4.64. The number of aromatic nitrogens is 1. The fourth-order valence-electron chi connectivity index (χ4n) is 14.2. The van der Waals surface area contributed by atoms with Crippen LogP contribution in [0.2, 0.25) is 0 Å². The topological polar surface area (TPSA) is 8.17 Å². The van der Waals surface area contributed by atoms with E-state index in [0.717, 1.165) is 29.9 Å². The van der Waals surface area contributed by atoms with Crippen LogP contribution in [0.3, 0.4) is 0 Å². The number of rotatable bonds is 4. The largest absolute Gasteiger partial charge is 0.310 e. The minimum Gasteiger partial charge on any atom is -0.310 e. The van der Waals surface area contributed by atoms with Crippen LogP contribution in [0.15, 0.2) is 248 Å². The van der Waals surface area contributed by atoms with E-state index in [4.69, 9.17) is 0 Å². The number of hydrogen-bond acceptors (Lipinski definition) is 1. The van der Waals surface area contributed by atoms with Crippen LogP contribution in [0, 0.1) is 0 Å². The van der Waals surface area contributed by atoms with Gasteiger partial charge in [-0.05, 0) is 151 Å². The Balaban J connectivity index is 1.01. The highest BCUT2D eigenvalue weighted by Gasteiger charge is 2.54. The zero-order valence-electron chi connectivity index (χ0n) is 38.4. The molecule has 2 nitrogen and oxygen atoms in total. The van der Waals surface area contributed by atoms with Crippen molar-refractivity contribution < 1.29 is 0 Å². The van der Waals surface area contributed by atoms with Gasteiger partial charge in [0.25, 0.3) is 0 Å². The van der Waals surface area contributed by atoms with E-state index >= 15 is 0 Å². The van der Waals surface area contributed by atoms with E-state index in [9.17, 15) is 0 Å². The number of anilines is 3. The molecule has 2 heteroatoms. The third-order valence-corrected chi connectivity index (χ3v) is 16.7. The molecule has 2 spiro atoms. The van der Waals surface area contributed by atoms with Gasteiger partial charge in [0.15, 0.2) is 0 Å². The number of allylic oxidation sites excluding steroid dienone is 4. The van der Waals surface area contributed by atoms with Crippen molar-refractivity contribution in [3.05, 3.63) is 293 Å². The second-order valence-electron chi connectivity index (χ2n) is 19.7. The Bertz CT molecular complexity index is 4030. The van der Waals surface area contributed by atoms with Gasteiger partial charge in [0.1, 0.15) is 0 Å². The summed E-state index contributed by atoms with van der Waals surface area (Å²) in [5.74, 6) is 0. The van der Waals surface area contributed by atoms with Crippen molar-refractivity contribution in [3.8, 4) is 39.1 Å². The Kier molecular flexibility index (Phi) is 7.62. The van der Waals surface area contributed by atoms with E-state index in [-0.39, 0.29) is 0 Å². The highest BCUT2D eigenvalue weighted by molar-refractivity contribution is 6.11. The predicted molar refractivity (Wildman–Crippen MR) is 289 cm³/mol. The molecule has 10 aromatic carbocycles. The van der Waals surface area contributed by atoms with Crippen molar-refractivity contribution in [1.82, 2.24) is 4.57 Å². The number of hydrogen-bond donors (Lipinski definition) is 0. The molecule has 0 saturated carbocycles. The van der Waals surface area contributed by atoms with Crippen LogP contribution in [0.5, 0.6) is 0 Å². The van der Waals surface area contributed by atoms with Crippen molar-refractivity contribution >= 4 is 44.4 Å². The van der Waals surface area contributed by atoms with E-state index in [1.807, 2.05) is 0 Å². The maximum atomic E-state index is 2.62. The van der Waals surface area contributed by atoms with Crippen molar-refractivity contribution in [3.63, 3.8) is 0 Å². The van der Waals surface area contributed by atoms with Gasteiger partial charge in [-0.15, -0.1) is 0 Å². The molecule has 0 fully saturated rings. The van der Waals surface area contributed by atoms with E-state index < -0.39 is 10.8 Å². The summed E-state index contributed by atoms with van der Waals surface area (Å²) in [4.78, 5) is 2.62. The zero-order valence-corrected chi connectivity index (χ0v) is 38.4. The molecule has 70 heavy (non-hydrogen) atoms. The number of benzene rings is 10. The van der Waals surface area contributed by atoms with Gasteiger partial charge in [0.05, 0.1) is 27.6 Å². The summed E-state index contributed by atoms with van der Waals surface area (Å²) in [6.07, 6.45) is 6.88. The van der Waals surface area contributed by atoms with Gasteiger partial charge in [-0.1, -0.05) is 188 Å². The van der Waals surface area contributed by atoms with Gasteiger partial charge < -0.3 is 9.47 Å². The molecule has 326 valence electrons. The Morgan fingerprint density at radius 2 is 0.871 bits per heavy atom. The molecule has 5 aliphatic carbocycles. The average Bonchev–Trinajstić information content (AvgIpc) is 4.19. The van der Waals surface area contributed by atoms with Gasteiger partial charge in [0, 0.05) is 33.4 Å². The van der Waals surface area contributed by atoms with Gasteiger partial charge in [0.2, 0.25) is 0 Å². The summed E-state index contributed by atoms with van der Waals surface area (Å²) in [7, 11) is 0. The monoisotopic (exact) mass is 888 g/mol. The van der Waals surface area contributed by atoms with Crippen LogP contribution in [-0.4, -0.2) is 4.57 Å². The number of para-hydroxylation sites is 2. The molecular weight excluding hydrogens is 845 g/mol. The standard InChI is InChI=1S/C68H44N2/c1-2-19-43(20-3-1)70-63-35-17-10-26-52(63)54-41-44(38-40-64(54)70)69(45-37-39-51-50-25-8-15-32-59(50)68(62(51)42-45)57-30-13-6-23-48(57)49-24-7-14-31-58(49)68)65-36-18-34-61-66(65)53-27-9-16-33-60(53)67(61)55-28-11-4-21-46(55)47-22-5-12-29-56(47)67/h1-8,10-26,28-42H,9,27H2. The number of fused-ring (bicyclic) bond motifs is 22. The summed E-state index contributed by atoms with van der Waals surface area (Å²) in [5.41, 5.74) is 27.8. The van der Waals surface area contributed by atoms with E-state index in [1.54, 1.807) is 0 Å². The maximum Gasteiger partial charge on any atom is 0.0726 e. The first-order chi connectivity index (χ1) is 34.8. The molecule has 0 saturated heterocycles. The summed E-state index contributed by atoms with van der Waals surface area (Å²) >= 11 is 0. The minimum atomic E-state index is -0.475. The quantitative estimate of drug-likeness (QED) is 0.171. The smallest absolute Gasteiger partial charge is 0.0726 e. The molecule has 0 aliphatic heterocycles. The molecule has 1 aromatic heterocycles. The molecule has 0 unspecified atom stereocenters. The zero-order chi connectivity index (χ0) is 45.7. The lowest BCUT2D eigenvalue weighted by molar-refractivity contribution is 0.780. The van der Waals surface area contributed by atoms with Crippen LogP contribution < -0.4 is 4.90 Å². The average molecular weight is 889 g/mol. The molecule has 0 N–H and O–H groups in total. The van der Waals surface area contributed by atoms with Crippen LogP contribution in [0.25, 0.3) is 66.4 Å². The highest BCUT2D eigenvalue weighted by Crippen LogP contribution is 2.66. The highest BCUT2D eigenvalue weighted by atomic mass is 15.1. The van der Waals surface area contributed by atoms with Crippen LogP contribution >= 0.6 is 0 Å².